The fourth-order valence-corrected chi connectivity index (χ4v) is 2.55. The quantitative estimate of drug-likeness (QED) is 0.875. The van der Waals surface area contributed by atoms with Gasteiger partial charge in [-0.3, -0.25) is 0 Å². The molecule has 1 atom stereocenters. The Bertz CT molecular complexity index is 413. The first-order valence-electron chi connectivity index (χ1n) is 6.25. The molecule has 18 heavy (non-hydrogen) atoms. The minimum absolute atomic E-state index is 0.183. The number of halogens is 1. The van der Waals surface area contributed by atoms with Crippen LogP contribution in [0.15, 0.2) is 18.2 Å². The summed E-state index contributed by atoms with van der Waals surface area (Å²) < 4.78 is 24.5. The Hall–Kier alpha value is -1.13. The van der Waals surface area contributed by atoms with Crippen molar-refractivity contribution in [2.45, 2.75) is 37.3 Å². The number of rotatable bonds is 5. The molecule has 1 aromatic carbocycles. The number of benzene rings is 1. The largest absolute Gasteiger partial charge is 0.494 e. The van der Waals surface area contributed by atoms with E-state index >= 15 is 0 Å². The lowest BCUT2D eigenvalue weighted by atomic mass is 9.73. The first-order valence-corrected chi connectivity index (χ1v) is 6.25. The van der Waals surface area contributed by atoms with Gasteiger partial charge in [0.1, 0.15) is 0 Å². The van der Waals surface area contributed by atoms with Gasteiger partial charge in [0, 0.05) is 13.2 Å². The molecular weight excluding hydrogens is 233 g/mol. The molecule has 1 aliphatic rings. The van der Waals surface area contributed by atoms with Crippen LogP contribution in [0, 0.1) is 5.82 Å². The van der Waals surface area contributed by atoms with E-state index < -0.39 is 0 Å². The molecule has 1 fully saturated rings. The minimum atomic E-state index is -0.318. The van der Waals surface area contributed by atoms with Crippen LogP contribution >= 0.6 is 0 Å². The molecule has 1 unspecified atom stereocenters. The normalized spacial score (nSPS) is 19.1. The monoisotopic (exact) mass is 253 g/mol. The van der Waals surface area contributed by atoms with Gasteiger partial charge >= 0.3 is 0 Å². The summed E-state index contributed by atoms with van der Waals surface area (Å²) in [7, 11) is 3.14. The third-order valence-electron chi connectivity index (χ3n) is 3.99. The van der Waals surface area contributed by atoms with E-state index in [0.717, 1.165) is 19.3 Å². The van der Waals surface area contributed by atoms with Crippen LogP contribution in [0.2, 0.25) is 0 Å². The molecule has 0 saturated heterocycles. The van der Waals surface area contributed by atoms with E-state index in [0.29, 0.717) is 12.0 Å². The second-order valence-electron chi connectivity index (χ2n) is 4.87. The molecule has 0 aromatic heterocycles. The maximum Gasteiger partial charge on any atom is 0.168 e. The Labute approximate surface area is 107 Å². The van der Waals surface area contributed by atoms with E-state index in [1.54, 1.807) is 25.3 Å². The van der Waals surface area contributed by atoms with Crippen molar-refractivity contribution >= 4 is 0 Å². The average molecular weight is 253 g/mol. The van der Waals surface area contributed by atoms with Gasteiger partial charge in [0.05, 0.1) is 12.7 Å². The van der Waals surface area contributed by atoms with Crippen LogP contribution in [-0.2, 0) is 11.2 Å². The summed E-state index contributed by atoms with van der Waals surface area (Å²) in [4.78, 5) is 0. The molecule has 0 heterocycles. The molecule has 1 aliphatic carbocycles. The van der Waals surface area contributed by atoms with Gasteiger partial charge in [-0.25, -0.2) is 4.39 Å². The van der Waals surface area contributed by atoms with Gasteiger partial charge in [-0.1, -0.05) is 12.1 Å². The molecular formula is C14H20FNO2. The predicted molar refractivity (Wildman–Crippen MR) is 68.2 cm³/mol. The smallest absolute Gasteiger partial charge is 0.168 e. The van der Waals surface area contributed by atoms with Crippen LogP contribution in [0.4, 0.5) is 4.39 Å². The van der Waals surface area contributed by atoms with Gasteiger partial charge < -0.3 is 15.2 Å². The van der Waals surface area contributed by atoms with Crippen molar-refractivity contribution in [3.63, 3.8) is 0 Å². The van der Waals surface area contributed by atoms with Crippen molar-refractivity contribution < 1.29 is 13.9 Å². The Kier molecular flexibility index (Phi) is 3.88. The van der Waals surface area contributed by atoms with Crippen molar-refractivity contribution in [3.8, 4) is 5.75 Å². The molecule has 1 aromatic rings. The third kappa shape index (κ3) is 2.22. The van der Waals surface area contributed by atoms with E-state index in [1.807, 2.05) is 0 Å². The van der Waals surface area contributed by atoms with Gasteiger partial charge in [-0.05, 0) is 37.3 Å². The van der Waals surface area contributed by atoms with Gasteiger partial charge in [-0.2, -0.15) is 0 Å². The lowest BCUT2D eigenvalue weighted by Gasteiger charge is -2.45. The highest BCUT2D eigenvalue weighted by atomic mass is 19.1. The summed E-state index contributed by atoms with van der Waals surface area (Å²) in [6.45, 7) is 0. The highest BCUT2D eigenvalue weighted by Crippen LogP contribution is 2.38. The number of hydrogen-bond donors (Lipinski definition) is 1. The highest BCUT2D eigenvalue weighted by Gasteiger charge is 2.42. The number of methoxy groups -OCH3 is 2. The zero-order chi connectivity index (χ0) is 13.2. The Balaban J connectivity index is 2.14. The molecule has 0 radical (unpaired) electrons. The van der Waals surface area contributed by atoms with E-state index in [9.17, 15) is 4.39 Å². The van der Waals surface area contributed by atoms with Gasteiger partial charge in [-0.15, -0.1) is 0 Å². The molecule has 1 saturated carbocycles. The number of hydrogen-bond acceptors (Lipinski definition) is 3. The van der Waals surface area contributed by atoms with Crippen molar-refractivity contribution in [3.05, 3.63) is 29.6 Å². The summed E-state index contributed by atoms with van der Waals surface area (Å²) in [5, 5.41) is 0. The standard InChI is InChI=1S/C14H20FNO2/c1-17-11-6-3-5-10(13(11)15)9-12(16)14(18-2)7-4-8-14/h3,5-6,12H,4,7-9,16H2,1-2H3. The molecule has 0 aliphatic heterocycles. The summed E-state index contributed by atoms with van der Waals surface area (Å²) >= 11 is 0. The summed E-state index contributed by atoms with van der Waals surface area (Å²) in [5.74, 6) is -0.0548. The molecule has 0 bridgehead atoms. The van der Waals surface area contributed by atoms with Crippen LogP contribution in [0.1, 0.15) is 24.8 Å². The minimum Gasteiger partial charge on any atom is -0.494 e. The van der Waals surface area contributed by atoms with Crippen LogP contribution < -0.4 is 10.5 Å². The molecule has 0 amide bonds. The van der Waals surface area contributed by atoms with E-state index in [4.69, 9.17) is 15.2 Å². The van der Waals surface area contributed by atoms with Crippen molar-refractivity contribution in [1.29, 1.82) is 0 Å². The predicted octanol–water partition coefficient (Wildman–Crippen LogP) is 2.27. The van der Waals surface area contributed by atoms with E-state index in [-0.39, 0.29) is 23.2 Å². The van der Waals surface area contributed by atoms with Gasteiger partial charge in [0.2, 0.25) is 0 Å². The first-order chi connectivity index (χ1) is 8.63. The first kappa shape index (κ1) is 13.3. The summed E-state index contributed by atoms with van der Waals surface area (Å²) in [6.07, 6.45) is 3.51. The van der Waals surface area contributed by atoms with Crippen molar-refractivity contribution in [1.82, 2.24) is 0 Å². The molecule has 4 heteroatoms. The van der Waals surface area contributed by atoms with Crippen LogP contribution in [-0.4, -0.2) is 25.9 Å². The van der Waals surface area contributed by atoms with Crippen LogP contribution in [0.5, 0.6) is 5.75 Å². The maximum atomic E-state index is 14.0. The Morgan fingerprint density at radius 3 is 2.61 bits per heavy atom. The van der Waals surface area contributed by atoms with E-state index in [2.05, 4.69) is 0 Å². The molecule has 100 valence electrons. The van der Waals surface area contributed by atoms with E-state index in [1.165, 1.54) is 7.11 Å². The average Bonchev–Trinajstić information content (AvgIpc) is 2.31. The maximum absolute atomic E-state index is 14.0. The Morgan fingerprint density at radius 1 is 1.39 bits per heavy atom. The third-order valence-corrected chi connectivity index (χ3v) is 3.99. The number of nitrogens with two attached hydrogens (primary N) is 1. The molecule has 2 rings (SSSR count). The van der Waals surface area contributed by atoms with Gasteiger partial charge in [0.25, 0.3) is 0 Å². The lowest BCUT2D eigenvalue weighted by Crippen LogP contribution is -2.55. The van der Waals surface area contributed by atoms with Crippen LogP contribution in [0.3, 0.4) is 0 Å². The SMILES string of the molecule is COc1cccc(CC(N)C2(OC)CCC2)c1F. The van der Waals surface area contributed by atoms with Crippen LogP contribution in [0.25, 0.3) is 0 Å². The fraction of sp³-hybridized carbons (Fsp3) is 0.571. The topological polar surface area (TPSA) is 44.5 Å². The zero-order valence-corrected chi connectivity index (χ0v) is 10.9. The molecule has 2 N–H and O–H groups in total. The number of ether oxygens (including phenoxy) is 2. The Morgan fingerprint density at radius 2 is 2.11 bits per heavy atom. The summed E-state index contributed by atoms with van der Waals surface area (Å²) in [5.41, 5.74) is 6.50. The molecule has 0 spiro atoms. The zero-order valence-electron chi connectivity index (χ0n) is 10.9. The van der Waals surface area contributed by atoms with Gasteiger partial charge in [0.15, 0.2) is 11.6 Å². The fourth-order valence-electron chi connectivity index (χ4n) is 2.55. The van der Waals surface area contributed by atoms with Crippen molar-refractivity contribution in [2.75, 3.05) is 14.2 Å². The molecule has 3 nitrogen and oxygen atoms in total. The lowest BCUT2D eigenvalue weighted by molar-refractivity contribution is -0.0898. The second kappa shape index (κ2) is 5.24. The highest BCUT2D eigenvalue weighted by molar-refractivity contribution is 5.32. The second-order valence-corrected chi connectivity index (χ2v) is 4.87. The van der Waals surface area contributed by atoms with Crippen molar-refractivity contribution in [2.24, 2.45) is 5.73 Å². The summed E-state index contributed by atoms with van der Waals surface area (Å²) in [6, 6.07) is 4.96.